The predicted octanol–water partition coefficient (Wildman–Crippen LogP) is 5.30. The highest BCUT2D eigenvalue weighted by atomic mass is 35.5. The summed E-state index contributed by atoms with van der Waals surface area (Å²) in [7, 11) is 0. The highest BCUT2D eigenvalue weighted by Crippen LogP contribution is 2.29. The van der Waals surface area contributed by atoms with Crippen LogP contribution < -0.4 is 10.6 Å². The molecule has 4 aromatic rings. The van der Waals surface area contributed by atoms with Gasteiger partial charge in [0.2, 0.25) is 0 Å². The lowest BCUT2D eigenvalue weighted by molar-refractivity contribution is -0.137. The van der Waals surface area contributed by atoms with E-state index in [1.807, 2.05) is 30.3 Å². The number of carboxylic acids is 1. The average molecular weight is 481 g/mol. The molecule has 2 heterocycles. The van der Waals surface area contributed by atoms with Gasteiger partial charge in [-0.25, -0.2) is 4.79 Å². The Labute approximate surface area is 199 Å². The van der Waals surface area contributed by atoms with E-state index in [4.69, 9.17) is 23.2 Å². The molecule has 1 unspecified atom stereocenters. The van der Waals surface area contributed by atoms with Crippen LogP contribution in [0.5, 0.6) is 0 Å². The summed E-state index contributed by atoms with van der Waals surface area (Å²) in [4.78, 5) is 32.6. The van der Waals surface area contributed by atoms with Gasteiger partial charge in [-0.15, -0.1) is 0 Å². The Morgan fingerprint density at radius 1 is 0.970 bits per heavy atom. The molecule has 3 N–H and O–H groups in total. The number of para-hydroxylation sites is 1. The minimum atomic E-state index is -0.994. The van der Waals surface area contributed by atoms with Crippen molar-refractivity contribution in [2.75, 3.05) is 10.6 Å². The Hall–Kier alpha value is -3.68. The highest BCUT2D eigenvalue weighted by molar-refractivity contribution is 6.39. The molecule has 7 nitrogen and oxygen atoms in total. The third kappa shape index (κ3) is 5.39. The SMILES string of the molecule is O=C(Nc1c(Cl)cncc1Cl)c1ccc(CC(Nc2cnc3ccccc3c2)C(=O)O)cc1. The molecule has 0 saturated carbocycles. The van der Waals surface area contributed by atoms with E-state index in [2.05, 4.69) is 20.6 Å². The quantitative estimate of drug-likeness (QED) is 0.331. The van der Waals surface area contributed by atoms with Crippen LogP contribution in [0, 0.1) is 0 Å². The zero-order valence-electron chi connectivity index (χ0n) is 17.1. The number of hydrogen-bond acceptors (Lipinski definition) is 5. The van der Waals surface area contributed by atoms with Gasteiger partial charge in [0.1, 0.15) is 6.04 Å². The van der Waals surface area contributed by atoms with Crippen LogP contribution in [0.1, 0.15) is 15.9 Å². The van der Waals surface area contributed by atoms with E-state index in [0.29, 0.717) is 11.3 Å². The van der Waals surface area contributed by atoms with E-state index in [9.17, 15) is 14.7 Å². The summed E-state index contributed by atoms with van der Waals surface area (Å²) in [5.74, 6) is -1.39. The highest BCUT2D eigenvalue weighted by Gasteiger charge is 2.19. The molecular weight excluding hydrogens is 463 g/mol. The van der Waals surface area contributed by atoms with Crippen LogP contribution in [-0.2, 0) is 11.2 Å². The Kier molecular flexibility index (Phi) is 6.72. The summed E-state index contributed by atoms with van der Waals surface area (Å²) in [6.45, 7) is 0. The maximum Gasteiger partial charge on any atom is 0.326 e. The molecule has 33 heavy (non-hydrogen) atoms. The Morgan fingerprint density at radius 2 is 1.67 bits per heavy atom. The second-order valence-electron chi connectivity index (χ2n) is 7.29. The molecule has 4 rings (SSSR count). The van der Waals surface area contributed by atoms with Gasteiger partial charge in [-0.05, 0) is 29.8 Å². The molecule has 1 amide bonds. The third-order valence-corrected chi connectivity index (χ3v) is 5.55. The number of amides is 1. The number of carboxylic acid groups (broad SMARTS) is 1. The third-order valence-electron chi connectivity index (χ3n) is 4.98. The van der Waals surface area contributed by atoms with E-state index in [-0.39, 0.29) is 22.2 Å². The van der Waals surface area contributed by atoms with Crippen molar-refractivity contribution in [1.29, 1.82) is 0 Å². The number of halogens is 2. The number of aromatic nitrogens is 2. The molecule has 0 fully saturated rings. The zero-order chi connectivity index (χ0) is 23.4. The molecule has 0 aliphatic rings. The standard InChI is InChI=1S/C24H18Cl2N4O3/c25-18-12-27-13-19(26)22(18)30-23(31)15-7-5-14(6-8-15)9-21(24(32)33)29-17-10-16-3-1-2-4-20(16)28-11-17/h1-8,10-13,21,29H,9H2,(H,32,33)(H,27,30,31). The number of fused-ring (bicyclic) bond motifs is 1. The lowest BCUT2D eigenvalue weighted by Gasteiger charge is -2.16. The van der Waals surface area contributed by atoms with E-state index < -0.39 is 17.9 Å². The molecule has 166 valence electrons. The van der Waals surface area contributed by atoms with Crippen molar-refractivity contribution in [2.24, 2.45) is 0 Å². The normalized spacial score (nSPS) is 11.7. The van der Waals surface area contributed by atoms with Crippen molar-refractivity contribution in [3.8, 4) is 0 Å². The number of benzene rings is 2. The van der Waals surface area contributed by atoms with Crippen molar-refractivity contribution in [3.05, 3.63) is 94.4 Å². The zero-order valence-corrected chi connectivity index (χ0v) is 18.6. The van der Waals surface area contributed by atoms with Crippen LogP contribution in [0.2, 0.25) is 10.0 Å². The largest absolute Gasteiger partial charge is 0.480 e. The van der Waals surface area contributed by atoms with Gasteiger partial charge in [0.05, 0.1) is 33.1 Å². The molecule has 0 saturated heterocycles. The molecule has 2 aromatic heterocycles. The summed E-state index contributed by atoms with van der Waals surface area (Å²) >= 11 is 12.1. The molecule has 0 aliphatic carbocycles. The van der Waals surface area contributed by atoms with E-state index in [1.165, 1.54) is 12.4 Å². The molecule has 0 bridgehead atoms. The van der Waals surface area contributed by atoms with Gasteiger partial charge in [-0.3, -0.25) is 14.8 Å². The number of anilines is 2. The van der Waals surface area contributed by atoms with Crippen LogP contribution in [0.25, 0.3) is 10.9 Å². The molecule has 1 atom stereocenters. The summed E-state index contributed by atoms with van der Waals surface area (Å²) < 4.78 is 0. The smallest absolute Gasteiger partial charge is 0.326 e. The minimum Gasteiger partial charge on any atom is -0.480 e. The molecular formula is C24H18Cl2N4O3. The van der Waals surface area contributed by atoms with Crippen LogP contribution in [0.15, 0.2) is 73.2 Å². The molecule has 9 heteroatoms. The fraction of sp³-hybridized carbons (Fsp3) is 0.0833. The number of carbonyl (C=O) groups is 2. The predicted molar refractivity (Wildman–Crippen MR) is 129 cm³/mol. The first-order valence-corrected chi connectivity index (χ1v) is 10.7. The molecule has 0 spiro atoms. The van der Waals surface area contributed by atoms with Crippen LogP contribution in [-0.4, -0.2) is 33.0 Å². The lowest BCUT2D eigenvalue weighted by Crippen LogP contribution is -2.31. The summed E-state index contributed by atoms with van der Waals surface area (Å²) in [6, 6.07) is 15.2. The Morgan fingerprint density at radius 3 is 2.36 bits per heavy atom. The number of rotatable bonds is 7. The second kappa shape index (κ2) is 9.85. The van der Waals surface area contributed by atoms with E-state index >= 15 is 0 Å². The monoisotopic (exact) mass is 480 g/mol. The maximum absolute atomic E-state index is 12.5. The van der Waals surface area contributed by atoms with Crippen molar-refractivity contribution in [2.45, 2.75) is 12.5 Å². The van der Waals surface area contributed by atoms with Gasteiger partial charge in [-0.2, -0.15) is 0 Å². The topological polar surface area (TPSA) is 104 Å². The first-order chi connectivity index (χ1) is 15.9. The van der Waals surface area contributed by atoms with Gasteiger partial charge in [-0.1, -0.05) is 53.5 Å². The fourth-order valence-corrected chi connectivity index (χ4v) is 3.75. The molecule has 2 aromatic carbocycles. The van der Waals surface area contributed by atoms with Gasteiger partial charge < -0.3 is 15.7 Å². The van der Waals surface area contributed by atoms with Crippen molar-refractivity contribution < 1.29 is 14.7 Å². The number of nitrogens with one attached hydrogen (secondary N) is 2. The van der Waals surface area contributed by atoms with Gasteiger partial charge >= 0.3 is 5.97 Å². The second-order valence-corrected chi connectivity index (χ2v) is 8.10. The van der Waals surface area contributed by atoms with Crippen LogP contribution >= 0.6 is 23.2 Å². The molecule has 0 radical (unpaired) electrons. The molecule has 0 aliphatic heterocycles. The Balaban J connectivity index is 1.45. The summed E-state index contributed by atoms with van der Waals surface area (Å²) in [5.41, 5.74) is 2.85. The number of hydrogen-bond donors (Lipinski definition) is 3. The fourth-order valence-electron chi connectivity index (χ4n) is 3.30. The number of aliphatic carboxylic acids is 1. The van der Waals surface area contributed by atoms with Crippen molar-refractivity contribution in [1.82, 2.24) is 9.97 Å². The number of carbonyl (C=O) groups excluding carboxylic acids is 1. The number of pyridine rings is 2. The first kappa shape index (κ1) is 22.5. The van der Waals surface area contributed by atoms with Gasteiger partial charge in [0.15, 0.2) is 0 Å². The van der Waals surface area contributed by atoms with Gasteiger partial charge in [0.25, 0.3) is 5.91 Å². The van der Waals surface area contributed by atoms with Gasteiger partial charge in [0, 0.05) is 29.8 Å². The van der Waals surface area contributed by atoms with Crippen molar-refractivity contribution in [3.63, 3.8) is 0 Å². The minimum absolute atomic E-state index is 0.214. The lowest BCUT2D eigenvalue weighted by atomic mass is 10.0. The average Bonchev–Trinajstić information content (AvgIpc) is 2.81. The van der Waals surface area contributed by atoms with E-state index in [1.54, 1.807) is 30.5 Å². The Bertz CT molecular complexity index is 1310. The summed E-state index contributed by atoms with van der Waals surface area (Å²) in [5, 5.41) is 16.7. The maximum atomic E-state index is 12.5. The van der Waals surface area contributed by atoms with Crippen LogP contribution in [0.3, 0.4) is 0 Å². The first-order valence-electron chi connectivity index (χ1n) is 9.94. The van der Waals surface area contributed by atoms with E-state index in [0.717, 1.165) is 16.5 Å². The number of nitrogens with zero attached hydrogens (tertiary/aromatic N) is 2. The van der Waals surface area contributed by atoms with Crippen molar-refractivity contribution >= 4 is 57.4 Å². The van der Waals surface area contributed by atoms with Crippen LogP contribution in [0.4, 0.5) is 11.4 Å². The summed E-state index contributed by atoms with van der Waals surface area (Å²) in [6.07, 6.45) is 4.60.